The maximum absolute atomic E-state index is 12.9. The van der Waals surface area contributed by atoms with E-state index >= 15 is 0 Å². The molecule has 6 nitrogen and oxygen atoms in total. The molecule has 1 amide bonds. The van der Waals surface area contributed by atoms with Gasteiger partial charge in [-0.2, -0.15) is 0 Å². The van der Waals surface area contributed by atoms with Gasteiger partial charge in [0.2, 0.25) is 0 Å². The molecule has 0 aliphatic carbocycles. The van der Waals surface area contributed by atoms with Gasteiger partial charge in [-0.05, 0) is 17.7 Å². The Balaban J connectivity index is 1.32. The van der Waals surface area contributed by atoms with E-state index in [1.54, 1.807) is 29.9 Å². The number of carbonyl (C=O) groups is 1. The number of rotatable bonds is 5. The number of thiazole rings is 1. The standard InChI is InChI=1S/C21H17N5OS/c27-21-17-3-1-2-16(19-11-23-7-8-24-19)18(17)12-26(21)9-5-15-13-28-20(25-15)14-4-6-22-10-14/h1-4,6-8,11,13H,5,9-10,12H2. The quantitative estimate of drug-likeness (QED) is 0.674. The van der Waals surface area contributed by atoms with Crippen LogP contribution in [0.3, 0.4) is 0 Å². The maximum Gasteiger partial charge on any atom is 0.254 e. The highest BCUT2D eigenvalue weighted by atomic mass is 32.1. The summed E-state index contributed by atoms with van der Waals surface area (Å²) in [5.41, 5.74) is 5.74. The molecule has 0 saturated carbocycles. The van der Waals surface area contributed by atoms with Gasteiger partial charge in [0.15, 0.2) is 0 Å². The predicted molar refractivity (Wildman–Crippen MR) is 109 cm³/mol. The first-order valence-corrected chi connectivity index (χ1v) is 9.99. The van der Waals surface area contributed by atoms with Crippen LogP contribution in [0.15, 0.2) is 53.2 Å². The molecule has 0 bridgehead atoms. The van der Waals surface area contributed by atoms with Gasteiger partial charge in [-0.1, -0.05) is 12.1 Å². The minimum Gasteiger partial charge on any atom is -0.334 e. The Morgan fingerprint density at radius 1 is 1.18 bits per heavy atom. The predicted octanol–water partition coefficient (Wildman–Crippen LogP) is 3.27. The van der Waals surface area contributed by atoms with Crippen molar-refractivity contribution in [1.29, 1.82) is 0 Å². The molecule has 1 aromatic carbocycles. The van der Waals surface area contributed by atoms with Crippen LogP contribution in [0.1, 0.15) is 26.6 Å². The summed E-state index contributed by atoms with van der Waals surface area (Å²) in [4.78, 5) is 32.2. The van der Waals surface area contributed by atoms with Crippen molar-refractivity contribution in [3.63, 3.8) is 0 Å². The van der Waals surface area contributed by atoms with E-state index in [0.717, 1.165) is 45.1 Å². The normalized spacial score (nSPS) is 15.2. The Morgan fingerprint density at radius 2 is 2.11 bits per heavy atom. The largest absolute Gasteiger partial charge is 0.334 e. The van der Waals surface area contributed by atoms with Gasteiger partial charge < -0.3 is 4.90 Å². The third-order valence-corrected chi connectivity index (χ3v) is 5.96. The lowest BCUT2D eigenvalue weighted by Crippen LogP contribution is -2.26. The van der Waals surface area contributed by atoms with Crippen molar-refractivity contribution >= 4 is 29.0 Å². The van der Waals surface area contributed by atoms with Crippen molar-refractivity contribution < 1.29 is 4.79 Å². The first-order valence-electron chi connectivity index (χ1n) is 9.11. The summed E-state index contributed by atoms with van der Waals surface area (Å²) < 4.78 is 0. The maximum atomic E-state index is 12.9. The third kappa shape index (κ3) is 3.03. The highest BCUT2D eigenvalue weighted by Gasteiger charge is 2.29. The van der Waals surface area contributed by atoms with Gasteiger partial charge in [-0.3, -0.25) is 19.8 Å². The first-order chi connectivity index (χ1) is 13.8. The lowest BCUT2D eigenvalue weighted by molar-refractivity contribution is 0.0780. The molecular weight excluding hydrogens is 370 g/mol. The van der Waals surface area contributed by atoms with Crippen LogP contribution in [0.5, 0.6) is 0 Å². The summed E-state index contributed by atoms with van der Waals surface area (Å²) in [6.07, 6.45) is 9.64. The summed E-state index contributed by atoms with van der Waals surface area (Å²) in [7, 11) is 0. The molecule has 0 unspecified atom stereocenters. The van der Waals surface area contributed by atoms with Gasteiger partial charge in [0, 0.05) is 60.2 Å². The van der Waals surface area contributed by atoms with Crippen molar-refractivity contribution in [1.82, 2.24) is 19.9 Å². The first kappa shape index (κ1) is 16.9. The van der Waals surface area contributed by atoms with Gasteiger partial charge in [-0.25, -0.2) is 4.98 Å². The van der Waals surface area contributed by atoms with Crippen LogP contribution in [0.25, 0.3) is 16.8 Å². The highest BCUT2D eigenvalue weighted by Crippen LogP contribution is 2.31. The molecule has 0 atom stereocenters. The molecule has 138 valence electrons. The van der Waals surface area contributed by atoms with Gasteiger partial charge in [0.25, 0.3) is 5.91 Å². The molecule has 3 aromatic rings. The number of hydrogen-bond acceptors (Lipinski definition) is 6. The topological polar surface area (TPSA) is 71.3 Å². The zero-order valence-electron chi connectivity index (χ0n) is 15.1. The van der Waals surface area contributed by atoms with E-state index in [-0.39, 0.29) is 5.91 Å². The Labute approximate surface area is 166 Å². The monoisotopic (exact) mass is 387 g/mol. The smallest absolute Gasteiger partial charge is 0.254 e. The van der Waals surface area contributed by atoms with Crippen molar-refractivity contribution in [2.45, 2.75) is 13.0 Å². The molecular formula is C21H17N5OS. The summed E-state index contributed by atoms with van der Waals surface area (Å²) >= 11 is 1.64. The second-order valence-corrected chi connectivity index (χ2v) is 7.58. The van der Waals surface area contributed by atoms with Crippen molar-refractivity contribution in [2.75, 3.05) is 13.1 Å². The fourth-order valence-electron chi connectivity index (χ4n) is 3.55. The SMILES string of the molecule is O=C1c2cccc(-c3cnccn3)c2CN1CCc1csc(C2=CC=NC2)n1. The van der Waals surface area contributed by atoms with E-state index in [1.165, 1.54) is 0 Å². The Kier molecular flexibility index (Phi) is 4.29. The molecule has 4 heterocycles. The molecule has 0 radical (unpaired) electrons. The van der Waals surface area contributed by atoms with E-state index < -0.39 is 0 Å². The van der Waals surface area contributed by atoms with Gasteiger partial charge in [-0.15, -0.1) is 11.3 Å². The van der Waals surface area contributed by atoms with Crippen molar-refractivity contribution in [3.05, 3.63) is 70.1 Å². The fraction of sp³-hybridized carbons (Fsp3) is 0.190. The second kappa shape index (κ2) is 7.09. The number of hydrogen-bond donors (Lipinski definition) is 0. The van der Waals surface area contributed by atoms with E-state index in [0.29, 0.717) is 19.6 Å². The van der Waals surface area contributed by atoms with E-state index in [4.69, 9.17) is 4.98 Å². The molecule has 5 rings (SSSR count). The van der Waals surface area contributed by atoms with Crippen molar-refractivity contribution in [3.8, 4) is 11.3 Å². The van der Waals surface area contributed by atoms with Crippen LogP contribution in [-0.2, 0) is 13.0 Å². The summed E-state index contributed by atoms with van der Waals surface area (Å²) in [6, 6.07) is 5.81. The highest BCUT2D eigenvalue weighted by molar-refractivity contribution is 7.10. The number of aliphatic imine (C=N–C) groups is 1. The van der Waals surface area contributed by atoms with E-state index in [2.05, 4.69) is 20.3 Å². The number of benzene rings is 1. The Hall–Kier alpha value is -3.19. The zero-order valence-corrected chi connectivity index (χ0v) is 15.9. The average Bonchev–Trinajstić information content (AvgIpc) is 3.48. The summed E-state index contributed by atoms with van der Waals surface area (Å²) in [5, 5.41) is 3.10. The molecule has 28 heavy (non-hydrogen) atoms. The second-order valence-electron chi connectivity index (χ2n) is 6.72. The van der Waals surface area contributed by atoms with Crippen LogP contribution < -0.4 is 0 Å². The van der Waals surface area contributed by atoms with Gasteiger partial charge >= 0.3 is 0 Å². The number of fused-ring (bicyclic) bond motifs is 1. The number of allylic oxidation sites excluding steroid dienone is 1. The lowest BCUT2D eigenvalue weighted by atomic mass is 10.0. The summed E-state index contributed by atoms with van der Waals surface area (Å²) in [5.74, 6) is 0.0723. The van der Waals surface area contributed by atoms with Crippen LogP contribution in [-0.4, -0.2) is 45.1 Å². The van der Waals surface area contributed by atoms with Gasteiger partial charge in [0.1, 0.15) is 5.01 Å². The molecule has 2 aliphatic rings. The third-order valence-electron chi connectivity index (χ3n) is 4.99. The van der Waals surface area contributed by atoms with E-state index in [9.17, 15) is 4.79 Å². The molecule has 0 spiro atoms. The van der Waals surface area contributed by atoms with Crippen LogP contribution in [0, 0.1) is 0 Å². The zero-order chi connectivity index (χ0) is 18.9. The molecule has 0 N–H and O–H groups in total. The Morgan fingerprint density at radius 3 is 2.93 bits per heavy atom. The molecule has 7 heteroatoms. The fourth-order valence-corrected chi connectivity index (χ4v) is 4.43. The van der Waals surface area contributed by atoms with Crippen LogP contribution in [0.4, 0.5) is 0 Å². The molecule has 2 aliphatic heterocycles. The number of nitrogens with zero attached hydrogens (tertiary/aromatic N) is 5. The molecule has 0 fully saturated rings. The van der Waals surface area contributed by atoms with Crippen molar-refractivity contribution in [2.24, 2.45) is 4.99 Å². The number of carbonyl (C=O) groups excluding carboxylic acids is 1. The average molecular weight is 387 g/mol. The Bertz CT molecular complexity index is 1100. The molecule has 2 aromatic heterocycles. The minimum atomic E-state index is 0.0723. The van der Waals surface area contributed by atoms with Crippen LogP contribution >= 0.6 is 11.3 Å². The minimum absolute atomic E-state index is 0.0723. The lowest BCUT2D eigenvalue weighted by Gasteiger charge is -2.14. The number of amides is 1. The number of aromatic nitrogens is 3. The van der Waals surface area contributed by atoms with Crippen LogP contribution in [0.2, 0.25) is 0 Å². The summed E-state index contributed by atoms with van der Waals surface area (Å²) in [6.45, 7) is 1.95. The molecule has 0 saturated heterocycles. The van der Waals surface area contributed by atoms with E-state index in [1.807, 2.05) is 35.4 Å². The van der Waals surface area contributed by atoms with Gasteiger partial charge in [0.05, 0.1) is 24.1 Å².